The van der Waals surface area contributed by atoms with E-state index in [1.807, 2.05) is 0 Å². The van der Waals surface area contributed by atoms with Gasteiger partial charge < -0.3 is 19.4 Å². The fourth-order valence-electron chi connectivity index (χ4n) is 4.87. The monoisotopic (exact) mass is 442 g/mol. The molecule has 2 aliphatic heterocycles. The number of aromatic nitrogens is 1. The highest BCUT2D eigenvalue weighted by atomic mass is 16.5. The number of fused-ring (bicyclic) bond motifs is 1. The number of nitrogens with zero attached hydrogens (tertiary/aromatic N) is 4. The van der Waals surface area contributed by atoms with Gasteiger partial charge in [0.1, 0.15) is 5.82 Å². The molecule has 2 aromatic carbocycles. The molecule has 5 heteroatoms. The molecular weight excluding hydrogens is 408 g/mol. The molecule has 0 bridgehead atoms. The summed E-state index contributed by atoms with van der Waals surface area (Å²) in [6.07, 6.45) is 2.23. The maximum atomic E-state index is 5.52. The van der Waals surface area contributed by atoms with Gasteiger partial charge in [0.25, 0.3) is 0 Å². The predicted molar refractivity (Wildman–Crippen MR) is 139 cm³/mol. The van der Waals surface area contributed by atoms with Crippen LogP contribution >= 0.6 is 0 Å². The summed E-state index contributed by atoms with van der Waals surface area (Å²) in [5.74, 6) is 1.12. The molecule has 5 rings (SSSR count). The SMILES string of the molecule is CCN1CCN(c2nc(C=C(C)c3cccc(N4CCOCC4)c3)cc3ccccc23)CC1. The van der Waals surface area contributed by atoms with Gasteiger partial charge >= 0.3 is 0 Å². The highest BCUT2D eigenvalue weighted by Crippen LogP contribution is 2.29. The molecule has 2 saturated heterocycles. The van der Waals surface area contributed by atoms with Gasteiger partial charge in [-0.05, 0) is 54.3 Å². The van der Waals surface area contributed by atoms with E-state index in [1.54, 1.807) is 0 Å². The fraction of sp³-hybridized carbons (Fsp3) is 0.393. The quantitative estimate of drug-likeness (QED) is 0.568. The first kappa shape index (κ1) is 21.9. The molecule has 0 aliphatic carbocycles. The van der Waals surface area contributed by atoms with Gasteiger partial charge in [0.15, 0.2) is 0 Å². The third kappa shape index (κ3) is 4.90. The standard InChI is InChI=1S/C28H34N4O/c1-3-30-11-13-32(14-12-30)28-27-10-5-4-7-24(27)20-25(29-28)19-22(2)23-8-6-9-26(21-23)31-15-17-33-18-16-31/h4-10,19-21H,3,11-18H2,1-2H3. The van der Waals surface area contributed by atoms with E-state index in [0.29, 0.717) is 0 Å². The van der Waals surface area contributed by atoms with Crippen LogP contribution in [0.4, 0.5) is 11.5 Å². The number of ether oxygens (including phenoxy) is 1. The topological polar surface area (TPSA) is 31.8 Å². The Labute approximate surface area is 197 Å². The van der Waals surface area contributed by atoms with Crippen molar-refractivity contribution in [3.8, 4) is 0 Å². The molecule has 0 radical (unpaired) electrons. The number of likely N-dealkylation sites (N-methyl/N-ethyl adjacent to an activating group) is 1. The van der Waals surface area contributed by atoms with Crippen molar-refractivity contribution in [1.82, 2.24) is 9.88 Å². The zero-order chi connectivity index (χ0) is 22.6. The van der Waals surface area contributed by atoms with E-state index >= 15 is 0 Å². The Kier molecular flexibility index (Phi) is 6.60. The summed E-state index contributed by atoms with van der Waals surface area (Å²) in [5.41, 5.74) is 4.77. The van der Waals surface area contributed by atoms with Crippen molar-refractivity contribution in [3.63, 3.8) is 0 Å². The average Bonchev–Trinajstić information content (AvgIpc) is 2.89. The molecule has 3 aromatic rings. The number of hydrogen-bond donors (Lipinski definition) is 0. The van der Waals surface area contributed by atoms with Gasteiger partial charge in [-0.15, -0.1) is 0 Å². The second-order valence-corrected chi connectivity index (χ2v) is 8.99. The molecule has 3 heterocycles. The maximum Gasteiger partial charge on any atom is 0.137 e. The fourth-order valence-corrected chi connectivity index (χ4v) is 4.87. The van der Waals surface area contributed by atoms with Crippen LogP contribution < -0.4 is 9.80 Å². The summed E-state index contributed by atoms with van der Waals surface area (Å²) in [6.45, 7) is 13.3. The molecular formula is C28H34N4O. The Morgan fingerprint density at radius 3 is 2.48 bits per heavy atom. The molecule has 172 valence electrons. The maximum absolute atomic E-state index is 5.52. The number of piperazine rings is 1. The molecule has 0 amide bonds. The summed E-state index contributed by atoms with van der Waals surface area (Å²) < 4.78 is 5.52. The predicted octanol–water partition coefficient (Wildman–Crippen LogP) is 4.77. The highest BCUT2D eigenvalue weighted by molar-refractivity contribution is 5.94. The second kappa shape index (κ2) is 9.94. The Bertz CT molecular complexity index is 1130. The highest BCUT2D eigenvalue weighted by Gasteiger charge is 2.19. The number of hydrogen-bond acceptors (Lipinski definition) is 5. The number of pyridine rings is 1. The smallest absolute Gasteiger partial charge is 0.137 e. The molecule has 2 aliphatic rings. The first-order valence-electron chi connectivity index (χ1n) is 12.2. The van der Waals surface area contributed by atoms with E-state index in [2.05, 4.69) is 89.2 Å². The normalized spacial score (nSPS) is 18.2. The van der Waals surface area contributed by atoms with E-state index in [0.717, 1.165) is 70.5 Å². The van der Waals surface area contributed by atoms with Crippen molar-refractivity contribution in [3.05, 3.63) is 65.9 Å². The van der Waals surface area contributed by atoms with Gasteiger partial charge in [-0.25, -0.2) is 4.98 Å². The van der Waals surface area contributed by atoms with Crippen LogP contribution in [0, 0.1) is 0 Å². The lowest BCUT2D eigenvalue weighted by atomic mass is 10.0. The summed E-state index contributed by atoms with van der Waals surface area (Å²) in [6, 6.07) is 19.7. The van der Waals surface area contributed by atoms with Gasteiger partial charge in [-0.1, -0.05) is 43.3 Å². The minimum atomic E-state index is 0.801. The molecule has 0 atom stereocenters. The Balaban J connectivity index is 1.46. The molecule has 5 nitrogen and oxygen atoms in total. The van der Waals surface area contributed by atoms with E-state index in [1.165, 1.54) is 27.6 Å². The average molecular weight is 443 g/mol. The van der Waals surface area contributed by atoms with Crippen molar-refractivity contribution in [1.29, 1.82) is 0 Å². The largest absolute Gasteiger partial charge is 0.378 e. The molecule has 0 saturated carbocycles. The van der Waals surface area contributed by atoms with Gasteiger partial charge in [0.05, 0.1) is 18.9 Å². The molecule has 1 aromatic heterocycles. The lowest BCUT2D eigenvalue weighted by Gasteiger charge is -2.35. The second-order valence-electron chi connectivity index (χ2n) is 8.99. The van der Waals surface area contributed by atoms with Gasteiger partial charge in [0.2, 0.25) is 0 Å². The minimum absolute atomic E-state index is 0.801. The zero-order valence-electron chi connectivity index (χ0n) is 19.8. The Morgan fingerprint density at radius 2 is 1.70 bits per heavy atom. The third-order valence-electron chi connectivity index (χ3n) is 6.90. The van der Waals surface area contributed by atoms with Crippen LogP contribution in [0.15, 0.2) is 54.6 Å². The van der Waals surface area contributed by atoms with Crippen LogP contribution in [-0.2, 0) is 4.74 Å². The number of allylic oxidation sites excluding steroid dienone is 1. The zero-order valence-corrected chi connectivity index (χ0v) is 19.8. The number of rotatable bonds is 5. The Hall–Kier alpha value is -2.89. The van der Waals surface area contributed by atoms with E-state index in [-0.39, 0.29) is 0 Å². The van der Waals surface area contributed by atoms with E-state index in [4.69, 9.17) is 9.72 Å². The van der Waals surface area contributed by atoms with Crippen molar-refractivity contribution < 1.29 is 4.74 Å². The van der Waals surface area contributed by atoms with Gasteiger partial charge in [0, 0.05) is 50.3 Å². The number of benzene rings is 2. The first-order chi connectivity index (χ1) is 16.2. The summed E-state index contributed by atoms with van der Waals surface area (Å²) in [5, 5.41) is 2.49. The molecule has 0 unspecified atom stereocenters. The van der Waals surface area contributed by atoms with Crippen LogP contribution in [0.3, 0.4) is 0 Å². The third-order valence-corrected chi connectivity index (χ3v) is 6.90. The van der Waals surface area contributed by atoms with Crippen molar-refractivity contribution in [2.24, 2.45) is 0 Å². The Morgan fingerprint density at radius 1 is 0.909 bits per heavy atom. The van der Waals surface area contributed by atoms with Crippen LogP contribution in [-0.4, -0.2) is 68.9 Å². The van der Waals surface area contributed by atoms with Crippen LogP contribution in [0.2, 0.25) is 0 Å². The van der Waals surface area contributed by atoms with E-state index < -0.39 is 0 Å². The molecule has 0 spiro atoms. The van der Waals surface area contributed by atoms with Crippen LogP contribution in [0.25, 0.3) is 22.4 Å². The lowest BCUT2D eigenvalue weighted by Crippen LogP contribution is -2.46. The van der Waals surface area contributed by atoms with Crippen LogP contribution in [0.5, 0.6) is 0 Å². The van der Waals surface area contributed by atoms with E-state index in [9.17, 15) is 0 Å². The summed E-state index contributed by atoms with van der Waals surface area (Å²) in [4.78, 5) is 12.5. The molecule has 33 heavy (non-hydrogen) atoms. The van der Waals surface area contributed by atoms with Crippen molar-refractivity contribution in [2.45, 2.75) is 13.8 Å². The summed E-state index contributed by atoms with van der Waals surface area (Å²) in [7, 11) is 0. The minimum Gasteiger partial charge on any atom is -0.378 e. The number of morpholine rings is 1. The van der Waals surface area contributed by atoms with Crippen LogP contribution in [0.1, 0.15) is 25.1 Å². The molecule has 2 fully saturated rings. The van der Waals surface area contributed by atoms with Crippen molar-refractivity contribution in [2.75, 3.05) is 68.8 Å². The first-order valence-corrected chi connectivity index (χ1v) is 12.2. The number of anilines is 2. The van der Waals surface area contributed by atoms with Crippen molar-refractivity contribution >= 4 is 33.9 Å². The molecule has 0 N–H and O–H groups in total. The summed E-state index contributed by atoms with van der Waals surface area (Å²) >= 11 is 0. The van der Waals surface area contributed by atoms with Gasteiger partial charge in [-0.2, -0.15) is 0 Å². The van der Waals surface area contributed by atoms with Gasteiger partial charge in [-0.3, -0.25) is 0 Å². The lowest BCUT2D eigenvalue weighted by molar-refractivity contribution is 0.122.